The van der Waals surface area contributed by atoms with Gasteiger partial charge in [-0.25, -0.2) is 14.4 Å². The lowest BCUT2D eigenvalue weighted by Crippen LogP contribution is -2.69. The standard InChI is InChI=1S/C52H62O28/c1-24(56)70-22-34-38(62)41(65)43(67)50(74-34)76-45-44(75-36(60)17-11-25-8-13-28(57)14-9-25)33(21-55)73-51(46(45)77-49-42(66)40(64)37(61)31(19-53)72-49)80-52(23-71-35(59)16-12-26-10-15-29(58)30(18-26)69-2)47(39(63)32(20-54)79-52)78-48(68)27-6-4-3-5-7-27/h3-18,31-34,37-47,49-51,53-55,57-58,61-67H,19-23H2,1-2H3/b16-12+,17-11+/t31-,32-,33-,34-,37-,38-,39-,40+,41+,42-,43-,44-,45+,46-,47+,49+,50+,51-,52+/m1/s1. The molecule has 28 heteroatoms. The topological polar surface area (TPSA) is 422 Å². The highest BCUT2D eigenvalue weighted by molar-refractivity contribution is 5.90. The van der Waals surface area contributed by atoms with Gasteiger partial charge in [0.15, 0.2) is 42.6 Å². The molecule has 0 aliphatic carbocycles. The maximum atomic E-state index is 13.9. The minimum absolute atomic E-state index is 0.0402. The molecule has 4 heterocycles. The first kappa shape index (κ1) is 61.4. The van der Waals surface area contributed by atoms with Crippen molar-refractivity contribution in [1.82, 2.24) is 0 Å². The van der Waals surface area contributed by atoms with Gasteiger partial charge < -0.3 is 118 Å². The third-order valence-corrected chi connectivity index (χ3v) is 13.1. The van der Waals surface area contributed by atoms with Gasteiger partial charge >= 0.3 is 23.9 Å². The molecule has 4 saturated heterocycles. The monoisotopic (exact) mass is 1130 g/mol. The van der Waals surface area contributed by atoms with Crippen molar-refractivity contribution in [3.05, 3.63) is 102 Å². The number of methoxy groups -OCH3 is 1. The quantitative estimate of drug-likeness (QED) is 0.0281. The molecule has 0 bridgehead atoms. The molecule has 0 amide bonds. The fourth-order valence-electron chi connectivity index (χ4n) is 8.87. The second kappa shape index (κ2) is 27.5. The molecule has 438 valence electrons. The van der Waals surface area contributed by atoms with Crippen LogP contribution in [0.25, 0.3) is 12.2 Å². The van der Waals surface area contributed by atoms with Crippen molar-refractivity contribution in [2.75, 3.05) is 40.1 Å². The summed E-state index contributed by atoms with van der Waals surface area (Å²) in [5.74, 6) is -7.59. The highest BCUT2D eigenvalue weighted by Crippen LogP contribution is 2.42. The molecule has 80 heavy (non-hydrogen) atoms. The second-order valence-electron chi connectivity index (χ2n) is 18.6. The van der Waals surface area contributed by atoms with Crippen molar-refractivity contribution in [1.29, 1.82) is 0 Å². The zero-order valence-electron chi connectivity index (χ0n) is 42.6. The number of phenolic OH excluding ortho intramolecular Hbond substituents is 2. The summed E-state index contributed by atoms with van der Waals surface area (Å²) in [6.45, 7) is -4.17. The van der Waals surface area contributed by atoms with Crippen LogP contribution in [-0.4, -0.2) is 242 Å². The third kappa shape index (κ3) is 14.4. The SMILES string of the molecule is COc1cc(/C=C/C(=O)OC[C@@]2(O[C@H]3O[C@H](CO)[C@@H](OC(=O)/C=C/c4ccc(O)cc4)[C@H](O[C@@H]4O[C@H](COC(C)=O)[C@@H](O)[C@H](O)[C@H]4O)[C@H]3O[C@@H]3O[C@H](CO)[C@@H](O)[C@H](O)[C@H]3O)O[C@H](CO)[C@@H](O)[C@@H]2OC(=O)c2ccccc2)ccc1O. The average Bonchev–Trinajstić information content (AvgIpc) is 3.90. The van der Waals surface area contributed by atoms with Gasteiger partial charge in [-0.2, -0.15) is 0 Å². The molecule has 0 saturated carbocycles. The van der Waals surface area contributed by atoms with Crippen LogP contribution in [0.15, 0.2) is 84.9 Å². The van der Waals surface area contributed by atoms with Crippen LogP contribution in [0.2, 0.25) is 0 Å². The van der Waals surface area contributed by atoms with Crippen molar-refractivity contribution >= 4 is 36.0 Å². The molecule has 28 nitrogen and oxygen atoms in total. The van der Waals surface area contributed by atoms with Crippen molar-refractivity contribution in [2.24, 2.45) is 0 Å². The van der Waals surface area contributed by atoms with Crippen molar-refractivity contribution in [2.45, 2.75) is 123 Å². The second-order valence-corrected chi connectivity index (χ2v) is 18.6. The van der Waals surface area contributed by atoms with Crippen LogP contribution in [0.1, 0.15) is 28.4 Å². The maximum Gasteiger partial charge on any atom is 0.338 e. The Kier molecular flexibility index (Phi) is 21.1. The average molecular weight is 1140 g/mol. The Labute approximate surface area is 454 Å². The molecule has 4 fully saturated rings. The Balaban J connectivity index is 1.36. The summed E-state index contributed by atoms with van der Waals surface area (Å²) in [4.78, 5) is 53.3. The van der Waals surface area contributed by atoms with E-state index in [1.54, 1.807) is 6.07 Å². The molecule has 7 rings (SSSR count). The molecule has 0 radical (unpaired) electrons. The first-order valence-electron chi connectivity index (χ1n) is 24.7. The van der Waals surface area contributed by atoms with Gasteiger partial charge in [-0.3, -0.25) is 4.79 Å². The minimum atomic E-state index is -2.90. The third-order valence-electron chi connectivity index (χ3n) is 13.1. The van der Waals surface area contributed by atoms with E-state index in [1.807, 2.05) is 0 Å². The summed E-state index contributed by atoms with van der Waals surface area (Å²) < 4.78 is 70.4. The Morgan fingerprint density at radius 1 is 0.588 bits per heavy atom. The van der Waals surface area contributed by atoms with Gasteiger partial charge in [0.05, 0.1) is 32.5 Å². The maximum absolute atomic E-state index is 13.9. The molecule has 3 aromatic carbocycles. The fourth-order valence-corrected chi connectivity index (χ4v) is 8.87. The predicted molar refractivity (Wildman–Crippen MR) is 262 cm³/mol. The lowest BCUT2D eigenvalue weighted by molar-refractivity contribution is -0.421. The van der Waals surface area contributed by atoms with E-state index in [0.29, 0.717) is 11.1 Å². The number of esters is 4. The van der Waals surface area contributed by atoms with Gasteiger partial charge in [-0.1, -0.05) is 36.4 Å². The number of carbonyl (C=O) groups excluding carboxylic acids is 4. The first-order chi connectivity index (χ1) is 38.2. The van der Waals surface area contributed by atoms with Gasteiger partial charge in [0, 0.05) is 19.1 Å². The van der Waals surface area contributed by atoms with Crippen LogP contribution in [-0.2, 0) is 66.5 Å². The van der Waals surface area contributed by atoms with E-state index in [1.165, 1.54) is 86.0 Å². The van der Waals surface area contributed by atoms with E-state index in [2.05, 4.69) is 0 Å². The van der Waals surface area contributed by atoms with E-state index in [9.17, 15) is 80.5 Å². The summed E-state index contributed by atoms with van der Waals surface area (Å²) >= 11 is 0. The Morgan fingerprint density at radius 3 is 1.79 bits per heavy atom. The number of hydrogen-bond donors (Lipinski definition) is 12. The number of aromatic hydroxyl groups is 2. The molecular formula is C52H62O28. The Hall–Kier alpha value is -6.26. The summed E-state index contributed by atoms with van der Waals surface area (Å²) in [7, 11) is 1.29. The number of aliphatic hydroxyl groups is 10. The molecular weight excluding hydrogens is 1070 g/mol. The van der Waals surface area contributed by atoms with Crippen molar-refractivity contribution in [3.63, 3.8) is 0 Å². The van der Waals surface area contributed by atoms with Crippen molar-refractivity contribution in [3.8, 4) is 17.2 Å². The Morgan fingerprint density at radius 2 is 1.16 bits per heavy atom. The summed E-state index contributed by atoms with van der Waals surface area (Å²) in [5, 5.41) is 130. The summed E-state index contributed by atoms with van der Waals surface area (Å²) in [6.07, 6.45) is -33.2. The molecule has 4 aliphatic heterocycles. The predicted octanol–water partition coefficient (Wildman–Crippen LogP) is -3.36. The molecule has 3 aromatic rings. The molecule has 19 atom stereocenters. The van der Waals surface area contributed by atoms with Crippen LogP contribution >= 0.6 is 0 Å². The Bertz CT molecular complexity index is 2600. The zero-order chi connectivity index (χ0) is 58.0. The van der Waals surface area contributed by atoms with Gasteiger partial charge in [-0.05, 0) is 59.7 Å². The van der Waals surface area contributed by atoms with E-state index >= 15 is 0 Å². The van der Waals surface area contributed by atoms with Gasteiger partial charge in [0.2, 0.25) is 5.79 Å². The minimum Gasteiger partial charge on any atom is -0.508 e. The number of rotatable bonds is 21. The number of carbonyl (C=O) groups is 4. The van der Waals surface area contributed by atoms with Crippen molar-refractivity contribution < 1.29 is 137 Å². The summed E-state index contributed by atoms with van der Waals surface area (Å²) in [5.41, 5.74) is 0.567. The van der Waals surface area contributed by atoms with Crippen LogP contribution in [0.4, 0.5) is 0 Å². The molecule has 0 spiro atoms. The number of hydrogen-bond acceptors (Lipinski definition) is 28. The number of phenols is 2. The van der Waals surface area contributed by atoms with Gasteiger partial charge in [-0.15, -0.1) is 0 Å². The van der Waals surface area contributed by atoms with Gasteiger partial charge in [0.1, 0.15) is 98.3 Å². The van der Waals surface area contributed by atoms with Crippen LogP contribution < -0.4 is 4.74 Å². The van der Waals surface area contributed by atoms with Crippen LogP contribution in [0.5, 0.6) is 17.2 Å². The lowest BCUT2D eigenvalue weighted by Gasteiger charge is -2.50. The normalized spacial score (nSPS) is 34.5. The van der Waals surface area contributed by atoms with Crippen LogP contribution in [0.3, 0.4) is 0 Å². The smallest absolute Gasteiger partial charge is 0.338 e. The molecule has 0 aromatic heterocycles. The van der Waals surface area contributed by atoms with E-state index < -0.39 is 173 Å². The first-order valence-corrected chi connectivity index (χ1v) is 24.7. The molecule has 12 N–H and O–H groups in total. The van der Waals surface area contributed by atoms with E-state index in [-0.39, 0.29) is 22.8 Å². The number of aliphatic hydroxyl groups excluding tert-OH is 10. The number of ether oxygens (including phenoxy) is 12. The molecule has 4 aliphatic rings. The summed E-state index contributed by atoms with van der Waals surface area (Å²) in [6, 6.07) is 16.7. The zero-order valence-corrected chi connectivity index (χ0v) is 42.6. The van der Waals surface area contributed by atoms with E-state index in [0.717, 1.165) is 19.1 Å². The fraction of sp³-hybridized carbons (Fsp3) is 0.500. The lowest BCUT2D eigenvalue weighted by atomic mass is 9.95. The number of benzene rings is 3. The highest BCUT2D eigenvalue weighted by atomic mass is 16.8. The highest BCUT2D eigenvalue weighted by Gasteiger charge is 2.64. The largest absolute Gasteiger partial charge is 0.508 e. The van der Waals surface area contributed by atoms with Crippen LogP contribution in [0, 0.1) is 0 Å². The van der Waals surface area contributed by atoms with E-state index in [4.69, 9.17) is 56.8 Å². The molecule has 0 unspecified atom stereocenters. The van der Waals surface area contributed by atoms with Gasteiger partial charge in [0.25, 0.3) is 0 Å².